The van der Waals surface area contributed by atoms with Crippen LogP contribution in [0.5, 0.6) is 5.75 Å². The molecule has 0 saturated heterocycles. The van der Waals surface area contributed by atoms with E-state index in [4.69, 9.17) is 16.0 Å². The molecule has 0 amide bonds. The van der Waals surface area contributed by atoms with E-state index >= 15 is 0 Å². The van der Waals surface area contributed by atoms with Crippen LogP contribution in [0.4, 0.5) is 5.69 Å². The van der Waals surface area contributed by atoms with Crippen LogP contribution >= 0.6 is 0 Å². The first-order chi connectivity index (χ1) is 15.3. The molecule has 31 heavy (non-hydrogen) atoms. The van der Waals surface area contributed by atoms with E-state index in [1.54, 1.807) is 6.07 Å². The smallest absolute Gasteiger partial charge is 0.205 e. The van der Waals surface area contributed by atoms with Crippen molar-refractivity contribution in [3.63, 3.8) is 0 Å². The lowest BCUT2D eigenvalue weighted by molar-refractivity contribution is 0.0479. The van der Waals surface area contributed by atoms with Gasteiger partial charge in [0.15, 0.2) is 5.69 Å². The van der Waals surface area contributed by atoms with E-state index in [1.165, 1.54) is 11.1 Å². The van der Waals surface area contributed by atoms with Crippen molar-refractivity contribution >= 4 is 11.4 Å². The van der Waals surface area contributed by atoms with Crippen LogP contribution < -0.4 is 4.74 Å². The lowest BCUT2D eigenvalue weighted by Crippen LogP contribution is -2.37. The van der Waals surface area contributed by atoms with Crippen molar-refractivity contribution in [2.75, 3.05) is 6.61 Å². The van der Waals surface area contributed by atoms with Gasteiger partial charge in [0.05, 0.1) is 25.5 Å². The van der Waals surface area contributed by atoms with Crippen LogP contribution in [0, 0.1) is 18.0 Å². The van der Waals surface area contributed by atoms with Crippen LogP contribution in [-0.4, -0.2) is 18.4 Å². The standard InChI is InChI=1S/C26H19N3O2/c1-28-20-7-4-6-17(11-20)18-9-10-25-22(12-18)24(29-16-27)13-26(31-25)23-15-30-14-19-5-2-3-8-21(19)23/h2-12,23,26H,13-15H2/b29-24+. The van der Waals surface area contributed by atoms with Gasteiger partial charge in [-0.3, -0.25) is 0 Å². The number of rotatable bonds is 2. The normalized spacial score (nSPS) is 20.6. The maximum Gasteiger partial charge on any atom is 0.205 e. The highest BCUT2D eigenvalue weighted by molar-refractivity contribution is 6.05. The molecule has 3 aromatic rings. The fourth-order valence-corrected chi connectivity index (χ4v) is 4.41. The van der Waals surface area contributed by atoms with Gasteiger partial charge in [-0.2, -0.15) is 10.3 Å². The summed E-state index contributed by atoms with van der Waals surface area (Å²) in [5.74, 6) is 0.801. The minimum atomic E-state index is -0.155. The molecule has 2 unspecified atom stereocenters. The Morgan fingerprint density at radius 3 is 2.77 bits per heavy atom. The summed E-state index contributed by atoms with van der Waals surface area (Å²) in [6.45, 7) is 8.45. The summed E-state index contributed by atoms with van der Waals surface area (Å²) < 4.78 is 12.3. The predicted molar refractivity (Wildman–Crippen MR) is 118 cm³/mol. The molecule has 2 aliphatic heterocycles. The molecule has 0 saturated carbocycles. The fraction of sp³-hybridized carbons (Fsp3) is 0.192. The van der Waals surface area contributed by atoms with Crippen molar-refractivity contribution in [1.82, 2.24) is 0 Å². The number of ether oxygens (including phenoxy) is 2. The molecule has 0 spiro atoms. The van der Waals surface area contributed by atoms with Gasteiger partial charge in [0, 0.05) is 17.9 Å². The van der Waals surface area contributed by atoms with E-state index in [2.05, 4.69) is 22.0 Å². The van der Waals surface area contributed by atoms with E-state index in [0.717, 1.165) is 28.2 Å². The molecule has 5 heteroatoms. The Bertz CT molecular complexity index is 1270. The van der Waals surface area contributed by atoms with Crippen LogP contribution in [0.1, 0.15) is 29.0 Å². The number of fused-ring (bicyclic) bond motifs is 2. The van der Waals surface area contributed by atoms with Crippen LogP contribution in [0.15, 0.2) is 71.7 Å². The molecule has 0 fully saturated rings. The van der Waals surface area contributed by atoms with Crippen molar-refractivity contribution < 1.29 is 9.47 Å². The molecule has 2 atom stereocenters. The molecule has 150 valence electrons. The Morgan fingerprint density at radius 1 is 1.03 bits per heavy atom. The van der Waals surface area contributed by atoms with Gasteiger partial charge in [0.2, 0.25) is 6.19 Å². The number of hydrogen-bond donors (Lipinski definition) is 0. The van der Waals surface area contributed by atoms with E-state index in [9.17, 15) is 5.26 Å². The van der Waals surface area contributed by atoms with Crippen molar-refractivity contribution in [3.05, 3.63) is 94.8 Å². The average molecular weight is 405 g/mol. The number of nitriles is 1. The van der Waals surface area contributed by atoms with Gasteiger partial charge in [-0.25, -0.2) is 4.85 Å². The molecule has 2 aliphatic rings. The van der Waals surface area contributed by atoms with Crippen LogP contribution in [0.3, 0.4) is 0 Å². The van der Waals surface area contributed by atoms with Gasteiger partial charge >= 0.3 is 0 Å². The maximum absolute atomic E-state index is 9.32. The Labute approximate surface area is 181 Å². The molecule has 5 rings (SSSR count). The zero-order valence-corrected chi connectivity index (χ0v) is 16.8. The van der Waals surface area contributed by atoms with Crippen LogP contribution in [0.2, 0.25) is 0 Å². The zero-order valence-electron chi connectivity index (χ0n) is 16.8. The van der Waals surface area contributed by atoms with E-state index in [0.29, 0.717) is 25.3 Å². The Balaban J connectivity index is 1.52. The monoisotopic (exact) mass is 405 g/mol. The number of hydrogen-bond acceptors (Lipinski definition) is 4. The third-order valence-corrected chi connectivity index (χ3v) is 5.92. The molecule has 0 bridgehead atoms. The predicted octanol–water partition coefficient (Wildman–Crippen LogP) is 5.64. The van der Waals surface area contributed by atoms with Crippen molar-refractivity contribution in [1.29, 1.82) is 5.26 Å². The summed E-state index contributed by atoms with van der Waals surface area (Å²) in [5, 5.41) is 9.32. The second-order valence-electron chi connectivity index (χ2n) is 7.71. The van der Waals surface area contributed by atoms with Crippen molar-refractivity contribution in [2.45, 2.75) is 25.0 Å². The van der Waals surface area contributed by atoms with Crippen LogP contribution in [-0.2, 0) is 11.3 Å². The summed E-state index contributed by atoms with van der Waals surface area (Å²) in [4.78, 5) is 7.66. The van der Waals surface area contributed by atoms with Crippen LogP contribution in [0.25, 0.3) is 16.0 Å². The van der Waals surface area contributed by atoms with E-state index < -0.39 is 0 Å². The Hall–Kier alpha value is -3.93. The minimum Gasteiger partial charge on any atom is -0.489 e. The number of benzene rings is 3. The fourth-order valence-electron chi connectivity index (χ4n) is 4.41. The maximum atomic E-state index is 9.32. The molecule has 2 heterocycles. The lowest BCUT2D eigenvalue weighted by atomic mass is 9.84. The topological polar surface area (TPSA) is 59.0 Å². The van der Waals surface area contributed by atoms with Crippen molar-refractivity contribution in [2.24, 2.45) is 4.99 Å². The Kier molecular flexibility index (Phi) is 4.96. The zero-order chi connectivity index (χ0) is 21.2. The molecule has 0 aromatic heterocycles. The van der Waals surface area contributed by atoms with Gasteiger partial charge in [0.25, 0.3) is 0 Å². The molecule has 0 radical (unpaired) electrons. The van der Waals surface area contributed by atoms with Crippen molar-refractivity contribution in [3.8, 4) is 23.1 Å². The second-order valence-corrected chi connectivity index (χ2v) is 7.71. The molecule has 0 N–H and O–H groups in total. The summed E-state index contributed by atoms with van der Waals surface area (Å²) in [6, 6.07) is 21.7. The van der Waals surface area contributed by atoms with Gasteiger partial charge in [0.1, 0.15) is 11.9 Å². The number of aliphatic imine (C=N–C) groups is 1. The first-order valence-corrected chi connectivity index (χ1v) is 10.2. The third-order valence-electron chi connectivity index (χ3n) is 5.92. The summed E-state index contributed by atoms with van der Waals surface area (Å²) in [6.07, 6.45) is 2.34. The quantitative estimate of drug-likeness (QED) is 0.409. The first kappa shape index (κ1) is 19.1. The highest BCUT2D eigenvalue weighted by Crippen LogP contribution is 2.39. The van der Waals surface area contributed by atoms with Gasteiger partial charge in [-0.05, 0) is 40.5 Å². The summed E-state index contributed by atoms with van der Waals surface area (Å²) >= 11 is 0. The largest absolute Gasteiger partial charge is 0.489 e. The Morgan fingerprint density at radius 2 is 1.90 bits per heavy atom. The number of nitrogens with zero attached hydrogens (tertiary/aromatic N) is 3. The van der Waals surface area contributed by atoms with Gasteiger partial charge in [-0.1, -0.05) is 48.5 Å². The highest BCUT2D eigenvalue weighted by Gasteiger charge is 2.35. The molecular weight excluding hydrogens is 386 g/mol. The van der Waals surface area contributed by atoms with Gasteiger partial charge < -0.3 is 9.47 Å². The molecule has 0 aliphatic carbocycles. The third kappa shape index (κ3) is 3.57. The molecule has 5 nitrogen and oxygen atoms in total. The highest BCUT2D eigenvalue weighted by atomic mass is 16.5. The summed E-state index contributed by atoms with van der Waals surface area (Å²) in [5.41, 5.74) is 6.47. The second kappa shape index (κ2) is 8.07. The summed E-state index contributed by atoms with van der Waals surface area (Å²) in [7, 11) is 0. The molecule has 3 aromatic carbocycles. The van der Waals surface area contributed by atoms with Gasteiger partial charge in [-0.15, -0.1) is 0 Å². The minimum absolute atomic E-state index is 0.0806. The lowest BCUT2D eigenvalue weighted by Gasteiger charge is -2.36. The van der Waals surface area contributed by atoms with E-state index in [-0.39, 0.29) is 12.0 Å². The average Bonchev–Trinajstić information content (AvgIpc) is 2.83. The molecular formula is C26H19N3O2. The van der Waals surface area contributed by atoms with E-state index in [1.807, 2.05) is 54.7 Å². The first-order valence-electron chi connectivity index (χ1n) is 10.2. The SMILES string of the molecule is [C-]#[N+]c1cccc(-c2ccc3c(c2)/C(=N/C#N)CC(C2COCc4ccccc42)O3)c1.